The van der Waals surface area contributed by atoms with E-state index >= 15 is 0 Å². The first-order valence-electron chi connectivity index (χ1n) is 8.56. The number of ether oxygens (including phenoxy) is 2. The zero-order valence-corrected chi connectivity index (χ0v) is 17.7. The van der Waals surface area contributed by atoms with Gasteiger partial charge in [0.1, 0.15) is 0 Å². The van der Waals surface area contributed by atoms with Crippen LogP contribution in [0.3, 0.4) is 0 Å². The zero-order valence-electron chi connectivity index (χ0n) is 16.1. The fourth-order valence-corrected chi connectivity index (χ4v) is 4.19. The number of thiazole rings is 1. The van der Waals surface area contributed by atoms with Crippen molar-refractivity contribution in [2.24, 2.45) is 4.99 Å². The minimum atomic E-state index is -0.505. The molecule has 1 heterocycles. The molecule has 0 aliphatic carbocycles. The first kappa shape index (κ1) is 20.9. The Morgan fingerprint density at radius 2 is 1.86 bits per heavy atom. The number of methoxy groups -OCH3 is 2. The van der Waals surface area contributed by atoms with Crippen molar-refractivity contribution < 1.29 is 19.2 Å². The predicted molar refractivity (Wildman–Crippen MR) is 114 cm³/mol. The van der Waals surface area contributed by atoms with Gasteiger partial charge in [-0.05, 0) is 18.4 Å². The van der Waals surface area contributed by atoms with Gasteiger partial charge in [0.05, 0.1) is 29.4 Å². The van der Waals surface area contributed by atoms with Crippen molar-refractivity contribution in [3.63, 3.8) is 0 Å². The third-order valence-corrected chi connectivity index (χ3v) is 5.86. The molecule has 0 saturated carbocycles. The number of thioether (sulfide) groups is 1. The lowest BCUT2D eigenvalue weighted by Crippen LogP contribution is -2.18. The van der Waals surface area contributed by atoms with Gasteiger partial charge in [-0.3, -0.25) is 14.9 Å². The largest absolute Gasteiger partial charge is 0.493 e. The number of hydrogen-bond acceptors (Lipinski definition) is 7. The Morgan fingerprint density at radius 1 is 1.21 bits per heavy atom. The molecule has 0 aliphatic rings. The van der Waals surface area contributed by atoms with Crippen molar-refractivity contribution in [1.29, 1.82) is 0 Å². The number of carbonyl (C=O) groups excluding carboxylic acids is 1. The molecule has 8 nitrogen and oxygen atoms in total. The van der Waals surface area contributed by atoms with Crippen LogP contribution >= 0.6 is 23.1 Å². The average molecular weight is 434 g/mol. The SMILES string of the molecule is COc1cc2sc(=NC(=O)c3ccc([N+](=O)[O-])cc3)n(CCSC)c2cc1OC. The summed E-state index contributed by atoms with van der Waals surface area (Å²) >= 11 is 3.07. The lowest BCUT2D eigenvalue weighted by atomic mass is 10.2. The van der Waals surface area contributed by atoms with E-state index in [4.69, 9.17) is 9.47 Å². The molecule has 10 heteroatoms. The van der Waals surface area contributed by atoms with Crippen LogP contribution in [0.1, 0.15) is 10.4 Å². The summed E-state index contributed by atoms with van der Waals surface area (Å²) in [5.41, 5.74) is 1.12. The van der Waals surface area contributed by atoms with E-state index in [0.29, 0.717) is 28.4 Å². The predicted octanol–water partition coefficient (Wildman–Crippen LogP) is 3.73. The van der Waals surface area contributed by atoms with Gasteiger partial charge in [-0.1, -0.05) is 11.3 Å². The molecule has 0 atom stereocenters. The molecule has 0 fully saturated rings. The van der Waals surface area contributed by atoms with Crippen LogP contribution in [-0.2, 0) is 6.54 Å². The van der Waals surface area contributed by atoms with Gasteiger partial charge in [0.2, 0.25) is 0 Å². The van der Waals surface area contributed by atoms with Crippen LogP contribution < -0.4 is 14.3 Å². The summed E-state index contributed by atoms with van der Waals surface area (Å²) in [4.78, 5) is 27.8. The molecule has 0 spiro atoms. The number of nitrogens with zero attached hydrogens (tertiary/aromatic N) is 3. The number of non-ortho nitro benzene ring substituents is 1. The van der Waals surface area contributed by atoms with Crippen molar-refractivity contribution in [2.45, 2.75) is 6.54 Å². The molecule has 0 saturated heterocycles. The number of aryl methyl sites for hydroxylation is 1. The molecule has 0 bridgehead atoms. The minimum absolute atomic E-state index is 0.0716. The van der Waals surface area contributed by atoms with E-state index in [1.165, 1.54) is 35.6 Å². The highest BCUT2D eigenvalue weighted by Gasteiger charge is 2.14. The second kappa shape index (κ2) is 9.10. The van der Waals surface area contributed by atoms with Crippen LogP contribution in [0.5, 0.6) is 11.5 Å². The molecule has 1 amide bonds. The Hall–Kier alpha value is -2.85. The second-order valence-electron chi connectivity index (χ2n) is 5.92. The maximum atomic E-state index is 12.6. The summed E-state index contributed by atoms with van der Waals surface area (Å²) in [6.45, 7) is 0.670. The first-order valence-corrected chi connectivity index (χ1v) is 10.8. The van der Waals surface area contributed by atoms with Crippen molar-refractivity contribution in [1.82, 2.24) is 4.57 Å². The second-order valence-corrected chi connectivity index (χ2v) is 7.92. The summed E-state index contributed by atoms with van der Waals surface area (Å²) in [5.74, 6) is 1.60. The average Bonchev–Trinajstić information content (AvgIpc) is 3.06. The monoisotopic (exact) mass is 433 g/mol. The van der Waals surface area contributed by atoms with Crippen LogP contribution in [0, 0.1) is 10.1 Å². The lowest BCUT2D eigenvalue weighted by Gasteiger charge is -2.09. The fourth-order valence-electron chi connectivity index (χ4n) is 2.76. The van der Waals surface area contributed by atoms with Crippen molar-refractivity contribution in [3.8, 4) is 11.5 Å². The first-order chi connectivity index (χ1) is 14.0. The molecule has 3 rings (SSSR count). The summed E-state index contributed by atoms with van der Waals surface area (Å²) in [6, 6.07) is 9.16. The summed E-state index contributed by atoms with van der Waals surface area (Å²) < 4.78 is 13.7. The Morgan fingerprint density at radius 3 is 2.45 bits per heavy atom. The van der Waals surface area contributed by atoms with Crippen LogP contribution in [0.25, 0.3) is 10.2 Å². The molecule has 1 aromatic heterocycles. The molecule has 0 radical (unpaired) electrons. The van der Waals surface area contributed by atoms with Crippen LogP contribution in [0.2, 0.25) is 0 Å². The van der Waals surface area contributed by atoms with Crippen LogP contribution in [0.4, 0.5) is 5.69 Å². The Labute approximate surface area is 174 Å². The number of benzene rings is 2. The summed E-state index contributed by atoms with van der Waals surface area (Å²) in [7, 11) is 3.15. The van der Waals surface area contributed by atoms with E-state index < -0.39 is 10.8 Å². The fraction of sp³-hybridized carbons (Fsp3) is 0.263. The van der Waals surface area contributed by atoms with Gasteiger partial charge in [-0.15, -0.1) is 0 Å². The quantitative estimate of drug-likeness (QED) is 0.416. The van der Waals surface area contributed by atoms with Gasteiger partial charge in [-0.25, -0.2) is 0 Å². The van der Waals surface area contributed by atoms with Crippen molar-refractivity contribution in [3.05, 3.63) is 56.9 Å². The van der Waals surface area contributed by atoms with E-state index in [2.05, 4.69) is 4.99 Å². The van der Waals surface area contributed by atoms with Crippen molar-refractivity contribution in [2.75, 3.05) is 26.2 Å². The van der Waals surface area contributed by atoms with E-state index in [1.807, 2.05) is 23.0 Å². The highest BCUT2D eigenvalue weighted by Crippen LogP contribution is 2.33. The number of aromatic nitrogens is 1. The van der Waals surface area contributed by atoms with Gasteiger partial charge in [0.25, 0.3) is 11.6 Å². The molecule has 0 N–H and O–H groups in total. The molecular formula is C19H19N3O5S2. The van der Waals surface area contributed by atoms with Gasteiger partial charge in [0, 0.05) is 42.1 Å². The molecular weight excluding hydrogens is 414 g/mol. The standard InChI is InChI=1S/C19H19N3O5S2/c1-26-15-10-14-17(11-16(15)27-2)29-19(21(14)8-9-28-3)20-18(23)12-4-6-13(7-5-12)22(24)25/h4-7,10-11H,8-9H2,1-3H3. The Kier molecular flexibility index (Phi) is 6.55. The number of nitro benzene ring substituents is 1. The van der Waals surface area contributed by atoms with Gasteiger partial charge < -0.3 is 14.0 Å². The highest BCUT2D eigenvalue weighted by atomic mass is 32.2. The van der Waals surface area contributed by atoms with Gasteiger partial charge in [-0.2, -0.15) is 16.8 Å². The Balaban J connectivity index is 2.10. The molecule has 0 unspecified atom stereocenters. The number of amides is 1. The zero-order chi connectivity index (χ0) is 21.0. The number of nitro groups is 1. The number of carbonyl (C=O) groups is 1. The van der Waals surface area contributed by atoms with Gasteiger partial charge in [0.15, 0.2) is 16.3 Å². The number of hydrogen-bond donors (Lipinski definition) is 0. The molecule has 3 aromatic rings. The van der Waals surface area contributed by atoms with E-state index in [9.17, 15) is 14.9 Å². The maximum absolute atomic E-state index is 12.6. The van der Waals surface area contributed by atoms with Crippen LogP contribution in [0.15, 0.2) is 41.4 Å². The molecule has 152 valence electrons. The topological polar surface area (TPSA) is 96.0 Å². The molecule has 29 heavy (non-hydrogen) atoms. The third-order valence-electron chi connectivity index (χ3n) is 4.23. The third kappa shape index (κ3) is 4.43. The van der Waals surface area contributed by atoms with Gasteiger partial charge >= 0.3 is 0 Å². The van der Waals surface area contributed by atoms with E-state index in [1.54, 1.807) is 26.0 Å². The molecule has 2 aromatic carbocycles. The normalized spacial score (nSPS) is 11.6. The van der Waals surface area contributed by atoms with Crippen LogP contribution in [-0.4, -0.2) is 41.6 Å². The smallest absolute Gasteiger partial charge is 0.279 e. The maximum Gasteiger partial charge on any atom is 0.279 e. The summed E-state index contributed by atoms with van der Waals surface area (Å²) in [5, 5.41) is 10.8. The van der Waals surface area contributed by atoms with E-state index in [-0.39, 0.29) is 5.69 Å². The highest BCUT2D eigenvalue weighted by molar-refractivity contribution is 7.98. The van der Waals surface area contributed by atoms with Crippen molar-refractivity contribution >= 4 is 44.9 Å². The molecule has 0 aliphatic heterocycles. The summed E-state index contributed by atoms with van der Waals surface area (Å²) in [6.07, 6.45) is 2.01. The lowest BCUT2D eigenvalue weighted by molar-refractivity contribution is -0.384. The minimum Gasteiger partial charge on any atom is -0.493 e. The Bertz CT molecular complexity index is 1120. The number of fused-ring (bicyclic) bond motifs is 1. The number of rotatable bonds is 7. The van der Waals surface area contributed by atoms with E-state index in [0.717, 1.165) is 16.0 Å².